The van der Waals surface area contributed by atoms with Gasteiger partial charge in [0.15, 0.2) is 0 Å². The lowest BCUT2D eigenvalue weighted by Crippen LogP contribution is -2.42. The third kappa shape index (κ3) is 4.29. The monoisotopic (exact) mass is 292 g/mol. The van der Waals surface area contributed by atoms with E-state index < -0.39 is 5.97 Å². The van der Waals surface area contributed by atoms with Crippen LogP contribution in [0.4, 0.5) is 10.1 Å². The standard InChI is InChI=1S/C16H21FN2O2/c1-18-7-5-14(6-8-18)19(2)15-10-12(3-4-16(20)21)9-13(17)11-15/h3-4,9-11,14H,5-8H2,1-2H3,(H,20,21)/b4-3+. The van der Waals surface area contributed by atoms with Gasteiger partial charge in [0.1, 0.15) is 5.82 Å². The first-order valence-electron chi connectivity index (χ1n) is 7.08. The Bertz CT molecular complexity index is 537. The first-order chi connectivity index (χ1) is 9.95. The second kappa shape index (κ2) is 6.72. The molecule has 4 nitrogen and oxygen atoms in total. The number of carbonyl (C=O) groups is 1. The van der Waals surface area contributed by atoms with Crippen LogP contribution in [0.3, 0.4) is 0 Å². The van der Waals surface area contributed by atoms with Crippen molar-refractivity contribution in [3.8, 4) is 0 Å². The van der Waals surface area contributed by atoms with E-state index in [0.717, 1.165) is 37.7 Å². The molecule has 0 aliphatic carbocycles. The molecule has 1 N–H and O–H groups in total. The van der Waals surface area contributed by atoms with Crippen LogP contribution in [-0.4, -0.2) is 49.2 Å². The van der Waals surface area contributed by atoms with Crippen molar-refractivity contribution >= 4 is 17.7 Å². The summed E-state index contributed by atoms with van der Waals surface area (Å²) in [5, 5.41) is 8.66. The zero-order valence-electron chi connectivity index (χ0n) is 12.4. The molecule has 0 saturated carbocycles. The molecule has 1 aliphatic rings. The molecule has 21 heavy (non-hydrogen) atoms. The van der Waals surface area contributed by atoms with Gasteiger partial charge in [0.2, 0.25) is 0 Å². The van der Waals surface area contributed by atoms with Crippen molar-refractivity contribution < 1.29 is 14.3 Å². The number of likely N-dealkylation sites (tertiary alicyclic amines) is 1. The molecule has 1 fully saturated rings. The number of aliphatic carboxylic acids is 1. The third-order valence-electron chi connectivity index (χ3n) is 3.97. The largest absolute Gasteiger partial charge is 0.478 e. The molecule has 0 amide bonds. The maximum atomic E-state index is 13.7. The maximum absolute atomic E-state index is 13.7. The fraction of sp³-hybridized carbons (Fsp3) is 0.438. The van der Waals surface area contributed by atoms with Crippen molar-refractivity contribution in [1.82, 2.24) is 4.90 Å². The topological polar surface area (TPSA) is 43.8 Å². The highest BCUT2D eigenvalue weighted by Crippen LogP contribution is 2.24. The Kier molecular flexibility index (Phi) is 4.96. The van der Waals surface area contributed by atoms with Crippen molar-refractivity contribution in [1.29, 1.82) is 0 Å². The number of carboxylic acid groups (broad SMARTS) is 1. The Morgan fingerprint density at radius 3 is 2.67 bits per heavy atom. The van der Waals surface area contributed by atoms with E-state index in [0.29, 0.717) is 11.6 Å². The highest BCUT2D eigenvalue weighted by molar-refractivity contribution is 5.85. The molecule has 1 aliphatic heterocycles. The molecule has 1 aromatic rings. The van der Waals surface area contributed by atoms with E-state index in [1.807, 2.05) is 13.1 Å². The van der Waals surface area contributed by atoms with Gasteiger partial charge in [0.25, 0.3) is 0 Å². The van der Waals surface area contributed by atoms with Crippen LogP contribution in [0.25, 0.3) is 6.08 Å². The molecule has 0 aromatic heterocycles. The van der Waals surface area contributed by atoms with Crippen molar-refractivity contribution in [2.24, 2.45) is 0 Å². The molecule has 0 radical (unpaired) electrons. The number of nitrogens with zero attached hydrogens (tertiary/aromatic N) is 2. The van der Waals surface area contributed by atoms with E-state index in [1.54, 1.807) is 0 Å². The number of anilines is 1. The van der Waals surface area contributed by atoms with Crippen LogP contribution in [0.5, 0.6) is 0 Å². The Morgan fingerprint density at radius 1 is 1.38 bits per heavy atom. The average molecular weight is 292 g/mol. The zero-order chi connectivity index (χ0) is 15.4. The molecule has 114 valence electrons. The number of benzene rings is 1. The van der Waals surface area contributed by atoms with Gasteiger partial charge < -0.3 is 14.9 Å². The molecular weight excluding hydrogens is 271 g/mol. The fourth-order valence-electron chi connectivity index (χ4n) is 2.66. The Hall–Kier alpha value is -1.88. The molecule has 5 heteroatoms. The van der Waals surface area contributed by atoms with E-state index in [4.69, 9.17) is 5.11 Å². The van der Waals surface area contributed by atoms with Crippen LogP contribution in [0, 0.1) is 5.82 Å². The van der Waals surface area contributed by atoms with Gasteiger partial charge >= 0.3 is 5.97 Å². The third-order valence-corrected chi connectivity index (χ3v) is 3.97. The van der Waals surface area contributed by atoms with Gasteiger partial charge in [-0.3, -0.25) is 0 Å². The zero-order valence-corrected chi connectivity index (χ0v) is 12.4. The summed E-state index contributed by atoms with van der Waals surface area (Å²) >= 11 is 0. The predicted octanol–water partition coefficient (Wildman–Crippen LogP) is 2.45. The van der Waals surface area contributed by atoms with Gasteiger partial charge in [-0.2, -0.15) is 0 Å². The quantitative estimate of drug-likeness (QED) is 0.866. The Labute approximate surface area is 124 Å². The lowest BCUT2D eigenvalue weighted by molar-refractivity contribution is -0.131. The lowest BCUT2D eigenvalue weighted by Gasteiger charge is -2.36. The van der Waals surface area contributed by atoms with Gasteiger partial charge in [0.05, 0.1) is 0 Å². The van der Waals surface area contributed by atoms with Crippen LogP contribution >= 0.6 is 0 Å². The predicted molar refractivity (Wildman–Crippen MR) is 82.0 cm³/mol. The Morgan fingerprint density at radius 2 is 2.05 bits per heavy atom. The summed E-state index contributed by atoms with van der Waals surface area (Å²) in [6.07, 6.45) is 4.53. The SMILES string of the molecule is CN1CCC(N(C)c2cc(F)cc(/C=C/C(=O)O)c2)CC1. The second-order valence-electron chi connectivity index (χ2n) is 5.56. The summed E-state index contributed by atoms with van der Waals surface area (Å²) in [4.78, 5) is 14.9. The van der Waals surface area contributed by atoms with Gasteiger partial charge in [-0.05, 0) is 62.8 Å². The molecule has 2 rings (SSSR count). The summed E-state index contributed by atoms with van der Waals surface area (Å²) in [7, 11) is 4.07. The van der Waals surface area contributed by atoms with Crippen LogP contribution in [0.2, 0.25) is 0 Å². The molecule has 1 heterocycles. The van der Waals surface area contributed by atoms with E-state index in [1.165, 1.54) is 18.2 Å². The van der Waals surface area contributed by atoms with Gasteiger partial charge in [0, 0.05) is 24.9 Å². The van der Waals surface area contributed by atoms with Crippen LogP contribution in [0.15, 0.2) is 24.3 Å². The minimum Gasteiger partial charge on any atom is -0.478 e. The van der Waals surface area contributed by atoms with E-state index in [9.17, 15) is 9.18 Å². The minimum absolute atomic E-state index is 0.350. The number of hydrogen-bond acceptors (Lipinski definition) is 3. The summed E-state index contributed by atoms with van der Waals surface area (Å²) in [6, 6.07) is 5.04. The van der Waals surface area contributed by atoms with Gasteiger partial charge in [-0.15, -0.1) is 0 Å². The number of rotatable bonds is 4. The number of piperidine rings is 1. The highest BCUT2D eigenvalue weighted by Gasteiger charge is 2.21. The van der Waals surface area contributed by atoms with Crippen LogP contribution in [-0.2, 0) is 4.79 Å². The van der Waals surface area contributed by atoms with Gasteiger partial charge in [-0.1, -0.05) is 0 Å². The summed E-state index contributed by atoms with van der Waals surface area (Å²) in [5.41, 5.74) is 1.35. The Balaban J connectivity index is 2.16. The van der Waals surface area contributed by atoms with E-state index in [2.05, 4.69) is 16.8 Å². The molecule has 0 atom stereocenters. The molecular formula is C16H21FN2O2. The van der Waals surface area contributed by atoms with Crippen molar-refractivity contribution in [3.63, 3.8) is 0 Å². The van der Waals surface area contributed by atoms with Crippen molar-refractivity contribution in [3.05, 3.63) is 35.7 Å². The van der Waals surface area contributed by atoms with Crippen molar-refractivity contribution in [2.45, 2.75) is 18.9 Å². The summed E-state index contributed by atoms with van der Waals surface area (Å²) in [6.45, 7) is 2.08. The molecule has 0 unspecified atom stereocenters. The second-order valence-corrected chi connectivity index (χ2v) is 5.56. The summed E-state index contributed by atoms with van der Waals surface area (Å²) in [5.74, 6) is -1.39. The first-order valence-corrected chi connectivity index (χ1v) is 7.08. The highest BCUT2D eigenvalue weighted by atomic mass is 19.1. The number of halogens is 1. The van der Waals surface area contributed by atoms with Gasteiger partial charge in [-0.25, -0.2) is 9.18 Å². The first kappa shape index (κ1) is 15.5. The van der Waals surface area contributed by atoms with E-state index in [-0.39, 0.29) is 5.82 Å². The number of hydrogen-bond donors (Lipinski definition) is 1. The summed E-state index contributed by atoms with van der Waals surface area (Å²) < 4.78 is 13.7. The average Bonchev–Trinajstić information content (AvgIpc) is 2.44. The maximum Gasteiger partial charge on any atom is 0.328 e. The minimum atomic E-state index is -1.04. The van der Waals surface area contributed by atoms with E-state index >= 15 is 0 Å². The van der Waals surface area contributed by atoms with Crippen LogP contribution in [0.1, 0.15) is 18.4 Å². The normalized spacial score (nSPS) is 17.3. The smallest absolute Gasteiger partial charge is 0.328 e. The molecule has 1 aromatic carbocycles. The molecule has 0 bridgehead atoms. The fourth-order valence-corrected chi connectivity index (χ4v) is 2.66. The van der Waals surface area contributed by atoms with Crippen molar-refractivity contribution in [2.75, 3.05) is 32.1 Å². The number of carboxylic acids is 1. The molecule has 1 saturated heterocycles. The molecule has 0 spiro atoms. The van der Waals surface area contributed by atoms with Crippen LogP contribution < -0.4 is 4.90 Å². The lowest BCUT2D eigenvalue weighted by atomic mass is 10.0.